The van der Waals surface area contributed by atoms with E-state index in [1.165, 1.54) is 32.4 Å². The van der Waals surface area contributed by atoms with Gasteiger partial charge in [-0.05, 0) is 39.8 Å². The molecule has 1 aliphatic rings. The van der Waals surface area contributed by atoms with Gasteiger partial charge in [-0.15, -0.1) is 0 Å². The molecule has 1 heterocycles. The number of hydrogen-bond donors (Lipinski definition) is 1. The molecule has 0 spiro atoms. The van der Waals surface area contributed by atoms with Gasteiger partial charge in [0.1, 0.15) is 0 Å². The van der Waals surface area contributed by atoms with Crippen LogP contribution >= 0.6 is 0 Å². The first-order valence-electron chi connectivity index (χ1n) is 7.71. The number of hydrogen-bond acceptors (Lipinski definition) is 3. The first-order valence-corrected chi connectivity index (χ1v) is 7.71. The van der Waals surface area contributed by atoms with Crippen molar-refractivity contribution in [1.82, 2.24) is 10.2 Å². The van der Waals surface area contributed by atoms with Crippen LogP contribution in [0.5, 0.6) is 0 Å². The van der Waals surface area contributed by atoms with Gasteiger partial charge in [0.25, 0.3) is 0 Å². The summed E-state index contributed by atoms with van der Waals surface area (Å²) in [7, 11) is 2.09. The highest BCUT2D eigenvalue weighted by Crippen LogP contribution is 2.18. The molecule has 1 N–H and O–H groups in total. The van der Waals surface area contributed by atoms with Crippen LogP contribution in [0.15, 0.2) is 0 Å². The Hall–Kier alpha value is -0.120. The molecule has 0 aromatic rings. The van der Waals surface area contributed by atoms with Gasteiger partial charge in [-0.25, -0.2) is 0 Å². The van der Waals surface area contributed by atoms with E-state index in [0.717, 1.165) is 19.6 Å². The van der Waals surface area contributed by atoms with Crippen LogP contribution in [-0.2, 0) is 4.74 Å². The minimum absolute atomic E-state index is 0.631. The summed E-state index contributed by atoms with van der Waals surface area (Å²) >= 11 is 0. The molecule has 18 heavy (non-hydrogen) atoms. The van der Waals surface area contributed by atoms with E-state index in [9.17, 15) is 0 Å². The molecule has 0 aliphatic carbocycles. The number of ether oxygens (including phenoxy) is 1. The largest absolute Gasteiger partial charge is 0.381 e. The van der Waals surface area contributed by atoms with E-state index in [2.05, 4.69) is 38.0 Å². The van der Waals surface area contributed by atoms with Crippen LogP contribution in [-0.4, -0.2) is 50.3 Å². The standard InChI is InChI=1S/C15H32N2O/c1-5-7-9-17(13(3)6-2)11-14-12-18-10-8-15(14)16-4/h13-16H,5-12H2,1-4H3. The van der Waals surface area contributed by atoms with Gasteiger partial charge in [0, 0.05) is 31.2 Å². The molecule has 1 rings (SSSR count). The minimum atomic E-state index is 0.631. The van der Waals surface area contributed by atoms with Crippen molar-refractivity contribution < 1.29 is 4.74 Å². The zero-order valence-electron chi connectivity index (χ0n) is 12.7. The van der Waals surface area contributed by atoms with Gasteiger partial charge in [-0.2, -0.15) is 0 Å². The lowest BCUT2D eigenvalue weighted by Crippen LogP contribution is -2.48. The molecular formula is C15H32N2O. The zero-order valence-corrected chi connectivity index (χ0v) is 12.7. The molecule has 0 aromatic carbocycles. The summed E-state index contributed by atoms with van der Waals surface area (Å²) < 4.78 is 5.67. The topological polar surface area (TPSA) is 24.5 Å². The second-order valence-corrected chi connectivity index (χ2v) is 5.62. The Morgan fingerprint density at radius 2 is 2.17 bits per heavy atom. The van der Waals surface area contributed by atoms with Crippen molar-refractivity contribution in [3.05, 3.63) is 0 Å². The first-order chi connectivity index (χ1) is 8.72. The van der Waals surface area contributed by atoms with Crippen molar-refractivity contribution in [2.75, 3.05) is 33.4 Å². The maximum atomic E-state index is 5.67. The molecule has 3 nitrogen and oxygen atoms in total. The third kappa shape index (κ3) is 4.87. The molecule has 0 aromatic heterocycles. The minimum Gasteiger partial charge on any atom is -0.381 e. The summed E-state index contributed by atoms with van der Waals surface area (Å²) in [6.07, 6.45) is 4.98. The van der Waals surface area contributed by atoms with E-state index in [0.29, 0.717) is 18.0 Å². The molecule has 3 heteroatoms. The monoisotopic (exact) mass is 256 g/mol. The molecule has 3 unspecified atom stereocenters. The van der Waals surface area contributed by atoms with Crippen molar-refractivity contribution >= 4 is 0 Å². The second-order valence-electron chi connectivity index (χ2n) is 5.62. The molecular weight excluding hydrogens is 224 g/mol. The summed E-state index contributed by atoms with van der Waals surface area (Å²) in [5.74, 6) is 0.648. The molecule has 0 bridgehead atoms. The normalized spacial score (nSPS) is 26.5. The highest BCUT2D eigenvalue weighted by Gasteiger charge is 2.27. The van der Waals surface area contributed by atoms with Crippen LogP contribution in [0.25, 0.3) is 0 Å². The van der Waals surface area contributed by atoms with Crippen LogP contribution in [0.2, 0.25) is 0 Å². The summed E-state index contributed by atoms with van der Waals surface area (Å²) in [6.45, 7) is 11.2. The number of rotatable bonds is 8. The second kappa shape index (κ2) is 8.89. The Morgan fingerprint density at radius 3 is 2.78 bits per heavy atom. The molecule has 0 amide bonds. The van der Waals surface area contributed by atoms with E-state index in [4.69, 9.17) is 4.74 Å². The van der Waals surface area contributed by atoms with Crippen LogP contribution in [0.1, 0.15) is 46.5 Å². The molecule has 108 valence electrons. The van der Waals surface area contributed by atoms with Gasteiger partial charge in [-0.1, -0.05) is 20.3 Å². The quantitative estimate of drug-likeness (QED) is 0.722. The zero-order chi connectivity index (χ0) is 13.4. The summed E-state index contributed by atoms with van der Waals surface area (Å²) in [4.78, 5) is 2.66. The number of unbranched alkanes of at least 4 members (excludes halogenated alkanes) is 1. The maximum absolute atomic E-state index is 5.67. The summed E-state index contributed by atoms with van der Waals surface area (Å²) in [5, 5.41) is 3.47. The van der Waals surface area contributed by atoms with Gasteiger partial charge in [0.2, 0.25) is 0 Å². The lowest BCUT2D eigenvalue weighted by Gasteiger charge is -2.37. The van der Waals surface area contributed by atoms with Gasteiger partial charge >= 0.3 is 0 Å². The van der Waals surface area contributed by atoms with E-state index >= 15 is 0 Å². The summed E-state index contributed by atoms with van der Waals surface area (Å²) in [6, 6.07) is 1.32. The average Bonchev–Trinajstić information content (AvgIpc) is 2.42. The van der Waals surface area contributed by atoms with E-state index in [1.807, 2.05) is 0 Å². The third-order valence-electron chi connectivity index (χ3n) is 4.33. The fraction of sp³-hybridized carbons (Fsp3) is 1.00. The molecule has 1 fully saturated rings. The van der Waals surface area contributed by atoms with E-state index in [1.54, 1.807) is 0 Å². The van der Waals surface area contributed by atoms with E-state index in [-0.39, 0.29) is 0 Å². The predicted octanol–water partition coefficient (Wildman–Crippen LogP) is 2.51. The number of nitrogens with one attached hydrogen (secondary N) is 1. The van der Waals surface area contributed by atoms with Crippen molar-refractivity contribution in [1.29, 1.82) is 0 Å². The Kier molecular flexibility index (Phi) is 7.87. The third-order valence-corrected chi connectivity index (χ3v) is 4.33. The lowest BCUT2D eigenvalue weighted by molar-refractivity contribution is 0.0123. The Morgan fingerprint density at radius 1 is 1.39 bits per heavy atom. The molecule has 1 saturated heterocycles. The molecule has 0 radical (unpaired) electrons. The van der Waals surface area contributed by atoms with Crippen LogP contribution in [0.4, 0.5) is 0 Å². The predicted molar refractivity (Wildman–Crippen MR) is 78.0 cm³/mol. The first kappa shape index (κ1) is 15.9. The van der Waals surface area contributed by atoms with Gasteiger partial charge in [0.05, 0.1) is 6.61 Å². The SMILES string of the molecule is CCCCN(CC1COCCC1NC)C(C)CC. The van der Waals surface area contributed by atoms with Crippen LogP contribution < -0.4 is 5.32 Å². The van der Waals surface area contributed by atoms with Crippen LogP contribution in [0, 0.1) is 5.92 Å². The fourth-order valence-corrected chi connectivity index (χ4v) is 2.77. The van der Waals surface area contributed by atoms with Gasteiger partial charge in [0.15, 0.2) is 0 Å². The number of nitrogens with zero attached hydrogens (tertiary/aromatic N) is 1. The molecule has 0 saturated carbocycles. The van der Waals surface area contributed by atoms with Crippen LogP contribution in [0.3, 0.4) is 0 Å². The van der Waals surface area contributed by atoms with Crippen molar-refractivity contribution in [2.24, 2.45) is 5.92 Å². The van der Waals surface area contributed by atoms with Crippen molar-refractivity contribution in [3.8, 4) is 0 Å². The van der Waals surface area contributed by atoms with E-state index < -0.39 is 0 Å². The Balaban J connectivity index is 2.51. The van der Waals surface area contributed by atoms with Crippen molar-refractivity contribution in [2.45, 2.75) is 58.5 Å². The Bertz CT molecular complexity index is 211. The Labute approximate surface area is 113 Å². The fourth-order valence-electron chi connectivity index (χ4n) is 2.77. The summed E-state index contributed by atoms with van der Waals surface area (Å²) in [5.41, 5.74) is 0. The lowest BCUT2D eigenvalue weighted by atomic mass is 9.94. The highest BCUT2D eigenvalue weighted by molar-refractivity contribution is 4.82. The molecule has 1 aliphatic heterocycles. The average molecular weight is 256 g/mol. The van der Waals surface area contributed by atoms with Crippen molar-refractivity contribution in [3.63, 3.8) is 0 Å². The maximum Gasteiger partial charge on any atom is 0.0521 e. The van der Waals surface area contributed by atoms with Gasteiger partial charge in [-0.3, -0.25) is 0 Å². The molecule has 3 atom stereocenters. The van der Waals surface area contributed by atoms with Gasteiger partial charge < -0.3 is 15.0 Å². The smallest absolute Gasteiger partial charge is 0.0521 e. The highest BCUT2D eigenvalue weighted by atomic mass is 16.5.